The average molecular weight is 367 g/mol. The van der Waals surface area contributed by atoms with Gasteiger partial charge in [0.25, 0.3) is 11.7 Å². The molecule has 1 fully saturated rings. The number of carbonyl (C=O) groups excluding carboxylic acids is 2. The summed E-state index contributed by atoms with van der Waals surface area (Å²) in [7, 11) is 0. The third kappa shape index (κ3) is 3.57. The fourth-order valence-electron chi connectivity index (χ4n) is 3.26. The number of Topliss-reactive ketones (excluding diaryl/α,β-unsaturated/α-hetero) is 1. The van der Waals surface area contributed by atoms with Crippen molar-refractivity contribution in [1.82, 2.24) is 4.90 Å². The second-order valence-corrected chi connectivity index (χ2v) is 6.76. The molecule has 0 spiro atoms. The molecule has 2 aromatic carbocycles. The Morgan fingerprint density at radius 1 is 1.15 bits per heavy atom. The van der Waals surface area contributed by atoms with Crippen LogP contribution in [0, 0.1) is 6.92 Å². The maximum Gasteiger partial charge on any atom is 0.295 e. The van der Waals surface area contributed by atoms with Crippen molar-refractivity contribution < 1.29 is 24.9 Å². The predicted molar refractivity (Wildman–Crippen MR) is 100.0 cm³/mol. The number of likely N-dealkylation sites (tertiary alicyclic amines) is 1. The zero-order chi connectivity index (χ0) is 19.7. The molecular formula is C21H21NO5. The number of carbonyl (C=O) groups is 2. The first-order valence-corrected chi connectivity index (χ1v) is 8.62. The maximum atomic E-state index is 12.7. The van der Waals surface area contributed by atoms with Gasteiger partial charge in [0.15, 0.2) is 0 Å². The Bertz CT molecular complexity index is 914. The first-order chi connectivity index (χ1) is 12.8. The van der Waals surface area contributed by atoms with E-state index in [2.05, 4.69) is 0 Å². The summed E-state index contributed by atoms with van der Waals surface area (Å²) in [5.41, 5.74) is 1.82. The molecule has 0 radical (unpaired) electrons. The standard InChI is InChI=1S/C21H21NO5/c1-12-6-8-14(9-7-12)19(25)17-18(15-4-3-5-16(24)10-15)22(11-13(2)23)21(27)20(17)26/h3-10,13,18,23-25H,11H2,1-2H3/t13-,18-/m1/s1. The van der Waals surface area contributed by atoms with Gasteiger partial charge in [0.05, 0.1) is 17.7 Å². The number of aliphatic hydroxyl groups excluding tert-OH is 2. The number of hydrogen-bond donors (Lipinski definition) is 3. The molecule has 2 aromatic rings. The van der Waals surface area contributed by atoms with Crippen LogP contribution in [0.15, 0.2) is 54.1 Å². The van der Waals surface area contributed by atoms with Gasteiger partial charge in [0.2, 0.25) is 0 Å². The number of aryl methyl sites for hydroxylation is 1. The molecule has 3 N–H and O–H groups in total. The minimum absolute atomic E-state index is 0.0227. The smallest absolute Gasteiger partial charge is 0.295 e. The fraction of sp³-hybridized carbons (Fsp3) is 0.238. The van der Waals surface area contributed by atoms with Crippen molar-refractivity contribution in [3.8, 4) is 5.75 Å². The number of rotatable bonds is 4. The molecule has 0 aromatic heterocycles. The average Bonchev–Trinajstić information content (AvgIpc) is 2.86. The van der Waals surface area contributed by atoms with Crippen molar-refractivity contribution in [3.63, 3.8) is 0 Å². The van der Waals surface area contributed by atoms with E-state index in [1.807, 2.05) is 6.92 Å². The van der Waals surface area contributed by atoms with E-state index < -0.39 is 23.8 Å². The van der Waals surface area contributed by atoms with Crippen molar-refractivity contribution >= 4 is 17.4 Å². The van der Waals surface area contributed by atoms with Crippen LogP contribution in [-0.2, 0) is 9.59 Å². The Hall–Kier alpha value is -3.12. The van der Waals surface area contributed by atoms with Crippen LogP contribution in [0.3, 0.4) is 0 Å². The van der Waals surface area contributed by atoms with E-state index in [9.17, 15) is 24.9 Å². The van der Waals surface area contributed by atoms with E-state index in [1.54, 1.807) is 36.4 Å². The highest BCUT2D eigenvalue weighted by Gasteiger charge is 2.46. The number of phenols is 1. The van der Waals surface area contributed by atoms with Gasteiger partial charge in [-0.2, -0.15) is 0 Å². The van der Waals surface area contributed by atoms with Crippen molar-refractivity contribution in [2.45, 2.75) is 26.0 Å². The molecule has 1 amide bonds. The summed E-state index contributed by atoms with van der Waals surface area (Å²) in [5, 5.41) is 30.4. The van der Waals surface area contributed by atoms with Crippen molar-refractivity contribution in [2.24, 2.45) is 0 Å². The summed E-state index contributed by atoms with van der Waals surface area (Å²) in [6, 6.07) is 12.2. The molecule has 0 saturated carbocycles. The zero-order valence-electron chi connectivity index (χ0n) is 15.1. The molecule has 1 aliphatic rings. The Labute approximate surface area is 157 Å². The van der Waals surface area contributed by atoms with E-state index in [0.29, 0.717) is 11.1 Å². The summed E-state index contributed by atoms with van der Waals surface area (Å²) >= 11 is 0. The van der Waals surface area contributed by atoms with Gasteiger partial charge in [-0.15, -0.1) is 0 Å². The quantitative estimate of drug-likeness (QED) is 0.438. The number of β-amino-alcohol motifs (C(OH)–C–C–N with tert-alkyl or cyclic N) is 1. The topological polar surface area (TPSA) is 98.1 Å². The van der Waals surface area contributed by atoms with Gasteiger partial charge < -0.3 is 20.2 Å². The predicted octanol–water partition coefficient (Wildman–Crippen LogP) is 2.50. The van der Waals surface area contributed by atoms with Crippen LogP contribution in [0.5, 0.6) is 5.75 Å². The van der Waals surface area contributed by atoms with E-state index in [0.717, 1.165) is 5.56 Å². The minimum Gasteiger partial charge on any atom is -0.508 e. The van der Waals surface area contributed by atoms with Crippen LogP contribution in [-0.4, -0.2) is 44.6 Å². The van der Waals surface area contributed by atoms with Crippen molar-refractivity contribution in [2.75, 3.05) is 6.54 Å². The Morgan fingerprint density at radius 2 is 1.81 bits per heavy atom. The zero-order valence-corrected chi connectivity index (χ0v) is 15.1. The van der Waals surface area contributed by atoms with Crippen molar-refractivity contribution in [3.05, 3.63) is 70.8 Å². The number of amides is 1. The number of ketones is 1. The first kappa shape index (κ1) is 18.7. The van der Waals surface area contributed by atoms with Crippen LogP contribution >= 0.6 is 0 Å². The maximum absolute atomic E-state index is 12.7. The highest BCUT2D eigenvalue weighted by Crippen LogP contribution is 2.40. The molecule has 140 valence electrons. The lowest BCUT2D eigenvalue weighted by Crippen LogP contribution is -2.35. The Kier molecular flexibility index (Phi) is 5.01. The number of nitrogens with zero attached hydrogens (tertiary/aromatic N) is 1. The largest absolute Gasteiger partial charge is 0.508 e. The second-order valence-electron chi connectivity index (χ2n) is 6.76. The van der Waals surface area contributed by atoms with Gasteiger partial charge in [-0.1, -0.05) is 42.0 Å². The van der Waals surface area contributed by atoms with Crippen LogP contribution < -0.4 is 0 Å². The SMILES string of the molecule is Cc1ccc(C(O)=C2C(=O)C(=O)N(C[C@@H](C)O)[C@@H]2c2cccc(O)c2)cc1. The Morgan fingerprint density at radius 3 is 2.41 bits per heavy atom. The lowest BCUT2D eigenvalue weighted by Gasteiger charge is -2.26. The molecule has 2 atom stereocenters. The third-order valence-electron chi connectivity index (χ3n) is 4.51. The molecule has 0 aliphatic carbocycles. The molecular weight excluding hydrogens is 346 g/mol. The highest BCUT2D eigenvalue weighted by molar-refractivity contribution is 6.46. The summed E-state index contributed by atoms with van der Waals surface area (Å²) < 4.78 is 0. The minimum atomic E-state index is -0.895. The highest BCUT2D eigenvalue weighted by atomic mass is 16.3. The van der Waals surface area contributed by atoms with Crippen LogP contribution in [0.25, 0.3) is 5.76 Å². The molecule has 1 saturated heterocycles. The van der Waals surface area contributed by atoms with Crippen LogP contribution in [0.4, 0.5) is 0 Å². The molecule has 0 bridgehead atoms. The first-order valence-electron chi connectivity index (χ1n) is 8.62. The summed E-state index contributed by atoms with van der Waals surface area (Å²) in [5.74, 6) is -1.92. The van der Waals surface area contributed by atoms with Gasteiger partial charge in [-0.05, 0) is 31.5 Å². The summed E-state index contributed by atoms with van der Waals surface area (Å²) in [6.45, 7) is 3.34. The normalized spacial score (nSPS) is 20.1. The molecule has 6 nitrogen and oxygen atoms in total. The van der Waals surface area contributed by atoms with E-state index >= 15 is 0 Å². The van der Waals surface area contributed by atoms with Gasteiger partial charge in [-0.25, -0.2) is 0 Å². The third-order valence-corrected chi connectivity index (χ3v) is 4.51. The number of aromatic hydroxyl groups is 1. The van der Waals surface area contributed by atoms with Crippen molar-refractivity contribution in [1.29, 1.82) is 0 Å². The number of aliphatic hydroxyl groups is 2. The van der Waals surface area contributed by atoms with E-state index in [4.69, 9.17) is 0 Å². The second kappa shape index (κ2) is 7.25. The molecule has 1 aliphatic heterocycles. The van der Waals surface area contributed by atoms with Crippen LogP contribution in [0.1, 0.15) is 29.7 Å². The summed E-state index contributed by atoms with van der Waals surface area (Å²) in [4.78, 5) is 26.5. The van der Waals surface area contributed by atoms with E-state index in [1.165, 1.54) is 24.0 Å². The molecule has 27 heavy (non-hydrogen) atoms. The van der Waals surface area contributed by atoms with Gasteiger partial charge in [-0.3, -0.25) is 9.59 Å². The van der Waals surface area contributed by atoms with E-state index in [-0.39, 0.29) is 23.6 Å². The van der Waals surface area contributed by atoms with Crippen LogP contribution in [0.2, 0.25) is 0 Å². The van der Waals surface area contributed by atoms with Gasteiger partial charge in [0.1, 0.15) is 11.5 Å². The summed E-state index contributed by atoms with van der Waals surface area (Å²) in [6.07, 6.45) is -0.859. The number of benzene rings is 2. The fourth-order valence-corrected chi connectivity index (χ4v) is 3.26. The van der Waals surface area contributed by atoms with Gasteiger partial charge in [0, 0.05) is 12.1 Å². The van der Waals surface area contributed by atoms with Gasteiger partial charge >= 0.3 is 0 Å². The Balaban J connectivity index is 2.19. The molecule has 1 heterocycles. The number of phenolic OH excluding ortho intramolecular Hbond substituents is 1. The molecule has 0 unspecified atom stereocenters. The molecule has 3 rings (SSSR count). The lowest BCUT2D eigenvalue weighted by molar-refractivity contribution is -0.140. The monoisotopic (exact) mass is 367 g/mol. The molecule has 6 heteroatoms. The number of hydrogen-bond acceptors (Lipinski definition) is 5. The lowest BCUT2D eigenvalue weighted by atomic mass is 9.95.